The second-order valence-corrected chi connectivity index (χ2v) is 7.55. The van der Waals surface area contributed by atoms with Gasteiger partial charge in [0.05, 0.1) is 13.2 Å². The first kappa shape index (κ1) is 18.9. The number of ether oxygens (including phenoxy) is 1. The van der Waals surface area contributed by atoms with E-state index in [1.807, 2.05) is 24.3 Å². The molecule has 0 aromatic heterocycles. The molecule has 2 aliphatic heterocycles. The highest BCUT2D eigenvalue weighted by Gasteiger charge is 2.41. The number of nitrogens with zero attached hydrogens (tertiary/aromatic N) is 3. The Bertz CT molecular complexity index is 607. The van der Waals surface area contributed by atoms with Crippen molar-refractivity contribution in [3.63, 3.8) is 0 Å². The molecule has 0 saturated carbocycles. The summed E-state index contributed by atoms with van der Waals surface area (Å²) in [6.07, 6.45) is 1.31. The van der Waals surface area contributed by atoms with Gasteiger partial charge >= 0.3 is 6.03 Å². The molecule has 2 heterocycles. The van der Waals surface area contributed by atoms with Gasteiger partial charge in [0.2, 0.25) is 0 Å². The monoisotopic (exact) mass is 362 g/mol. The lowest BCUT2D eigenvalue weighted by molar-refractivity contribution is -0.0392. The summed E-state index contributed by atoms with van der Waals surface area (Å²) in [5.74, 6) is 0.752. The minimum absolute atomic E-state index is 0.160. The number of hydrogen-bond acceptors (Lipinski definition) is 5. The van der Waals surface area contributed by atoms with Gasteiger partial charge in [-0.05, 0) is 51.2 Å². The van der Waals surface area contributed by atoms with Gasteiger partial charge in [-0.2, -0.15) is 0 Å². The van der Waals surface area contributed by atoms with E-state index in [-0.39, 0.29) is 6.03 Å². The van der Waals surface area contributed by atoms with Crippen LogP contribution in [0, 0.1) is 0 Å². The van der Waals surface area contributed by atoms with Crippen molar-refractivity contribution in [3.8, 4) is 5.75 Å². The van der Waals surface area contributed by atoms with Crippen LogP contribution >= 0.6 is 0 Å². The molecule has 3 atom stereocenters. The number of β-amino-alcohol motifs (C(OH)–C–C–N with tert-alkyl or cyclic N) is 1. The molecule has 0 unspecified atom stereocenters. The largest absolute Gasteiger partial charge is 0.497 e. The number of benzene rings is 1. The molecule has 0 radical (unpaired) electrons. The molecule has 2 N–H and O–H groups in total. The summed E-state index contributed by atoms with van der Waals surface area (Å²) in [5.41, 5.74) is 0.725. The van der Waals surface area contributed by atoms with Gasteiger partial charge < -0.3 is 25.0 Å². The Morgan fingerprint density at radius 2 is 2.04 bits per heavy atom. The first-order valence-corrected chi connectivity index (χ1v) is 9.24. The number of fused-ring (bicyclic) bond motifs is 1. The third-order valence-electron chi connectivity index (χ3n) is 5.27. The zero-order valence-electron chi connectivity index (χ0n) is 15.9. The molecule has 7 heteroatoms. The normalized spacial score (nSPS) is 26.5. The number of amides is 2. The molecule has 26 heavy (non-hydrogen) atoms. The SMILES string of the molecule is COc1ccc(NC(=O)N2C[C@H](O)CCN3[C@H](C[C@H]3CN(C)C)C2)cc1. The Kier molecular flexibility index (Phi) is 6.01. The van der Waals surface area contributed by atoms with Crippen molar-refractivity contribution < 1.29 is 14.6 Å². The number of nitrogens with one attached hydrogen (secondary N) is 1. The van der Waals surface area contributed by atoms with Gasteiger partial charge in [-0.3, -0.25) is 4.90 Å². The van der Waals surface area contributed by atoms with Crippen LogP contribution in [0.15, 0.2) is 24.3 Å². The zero-order chi connectivity index (χ0) is 18.7. The van der Waals surface area contributed by atoms with E-state index in [9.17, 15) is 9.90 Å². The fraction of sp³-hybridized carbons (Fsp3) is 0.632. The Balaban J connectivity index is 1.61. The quantitative estimate of drug-likeness (QED) is 0.845. The second-order valence-electron chi connectivity index (χ2n) is 7.55. The number of rotatable bonds is 4. The molecular formula is C19H30N4O3. The van der Waals surface area contributed by atoms with Crippen molar-refractivity contribution in [3.05, 3.63) is 24.3 Å². The maximum Gasteiger partial charge on any atom is 0.321 e. The highest BCUT2D eigenvalue weighted by atomic mass is 16.5. The number of hydrogen-bond donors (Lipinski definition) is 2. The lowest BCUT2D eigenvalue weighted by atomic mass is 9.90. The summed E-state index contributed by atoms with van der Waals surface area (Å²) in [7, 11) is 5.78. The third kappa shape index (κ3) is 4.47. The highest BCUT2D eigenvalue weighted by Crippen LogP contribution is 2.29. The first-order valence-electron chi connectivity index (χ1n) is 9.24. The van der Waals surface area contributed by atoms with Crippen LogP contribution < -0.4 is 10.1 Å². The Morgan fingerprint density at radius 1 is 1.31 bits per heavy atom. The van der Waals surface area contributed by atoms with Crippen molar-refractivity contribution in [1.29, 1.82) is 0 Å². The van der Waals surface area contributed by atoms with E-state index in [4.69, 9.17) is 4.74 Å². The van der Waals surface area contributed by atoms with Crippen molar-refractivity contribution in [2.45, 2.75) is 31.0 Å². The van der Waals surface area contributed by atoms with Crippen LogP contribution in [0.5, 0.6) is 5.75 Å². The second kappa shape index (κ2) is 8.24. The molecule has 0 spiro atoms. The minimum Gasteiger partial charge on any atom is -0.497 e. The molecule has 2 fully saturated rings. The molecule has 1 aromatic rings. The molecule has 3 rings (SSSR count). The van der Waals surface area contributed by atoms with Gasteiger partial charge in [-0.1, -0.05) is 0 Å². The van der Waals surface area contributed by atoms with E-state index in [1.54, 1.807) is 12.0 Å². The maximum atomic E-state index is 12.7. The molecule has 1 aromatic carbocycles. The number of methoxy groups -OCH3 is 1. The van der Waals surface area contributed by atoms with E-state index >= 15 is 0 Å². The van der Waals surface area contributed by atoms with Gasteiger partial charge in [0.15, 0.2) is 0 Å². The zero-order valence-corrected chi connectivity index (χ0v) is 15.9. The topological polar surface area (TPSA) is 68.3 Å². The fourth-order valence-electron chi connectivity index (χ4n) is 3.91. The lowest BCUT2D eigenvalue weighted by Gasteiger charge is -2.52. The number of likely N-dealkylation sites (N-methyl/N-ethyl adjacent to an activating group) is 1. The summed E-state index contributed by atoms with van der Waals surface area (Å²) < 4.78 is 5.14. The fourth-order valence-corrected chi connectivity index (χ4v) is 3.91. The number of carbonyl (C=O) groups is 1. The van der Waals surface area contributed by atoms with Gasteiger partial charge in [0.25, 0.3) is 0 Å². The Labute approximate surface area is 155 Å². The van der Waals surface area contributed by atoms with Crippen molar-refractivity contribution in [2.24, 2.45) is 0 Å². The molecule has 2 saturated heterocycles. The van der Waals surface area contributed by atoms with Crippen LogP contribution in [0.2, 0.25) is 0 Å². The number of aliphatic hydroxyl groups is 1. The number of carbonyl (C=O) groups excluding carboxylic acids is 1. The van der Waals surface area contributed by atoms with Crippen LogP contribution in [0.25, 0.3) is 0 Å². The summed E-state index contributed by atoms with van der Waals surface area (Å²) in [4.78, 5) is 19.1. The van der Waals surface area contributed by atoms with Crippen LogP contribution in [0.1, 0.15) is 12.8 Å². The average molecular weight is 362 g/mol. The van der Waals surface area contributed by atoms with Crippen LogP contribution in [-0.4, -0.2) is 91.4 Å². The highest BCUT2D eigenvalue weighted by molar-refractivity contribution is 5.89. The minimum atomic E-state index is -0.488. The average Bonchev–Trinajstić information content (AvgIpc) is 2.58. The molecule has 2 aliphatic rings. The molecule has 0 bridgehead atoms. The smallest absolute Gasteiger partial charge is 0.321 e. The first-order chi connectivity index (χ1) is 12.5. The van der Waals surface area contributed by atoms with E-state index < -0.39 is 6.10 Å². The summed E-state index contributed by atoms with van der Waals surface area (Å²) >= 11 is 0. The summed E-state index contributed by atoms with van der Waals surface area (Å²) in [6.45, 7) is 2.95. The number of anilines is 1. The van der Waals surface area contributed by atoms with E-state index in [0.29, 0.717) is 31.6 Å². The standard InChI is InChI=1S/C19H30N4O3/c1-21(2)11-15-10-16-12-22(13-17(24)8-9-23(15)16)19(25)20-14-4-6-18(26-3)7-5-14/h4-7,15-17,24H,8-13H2,1-3H3,(H,20,25)/t15-,16+,17+/m0/s1. The van der Waals surface area contributed by atoms with Crippen LogP contribution in [-0.2, 0) is 0 Å². The van der Waals surface area contributed by atoms with E-state index in [1.165, 1.54) is 0 Å². The van der Waals surface area contributed by atoms with Crippen molar-refractivity contribution >= 4 is 11.7 Å². The molecule has 2 amide bonds. The van der Waals surface area contributed by atoms with E-state index in [2.05, 4.69) is 29.2 Å². The van der Waals surface area contributed by atoms with Crippen molar-refractivity contribution in [2.75, 3.05) is 52.7 Å². The Hall–Kier alpha value is -1.83. The molecule has 0 aliphatic carbocycles. The van der Waals surface area contributed by atoms with Gasteiger partial charge in [-0.25, -0.2) is 4.79 Å². The molecule has 144 valence electrons. The van der Waals surface area contributed by atoms with Crippen molar-refractivity contribution in [1.82, 2.24) is 14.7 Å². The van der Waals surface area contributed by atoms with Crippen LogP contribution in [0.4, 0.5) is 10.5 Å². The summed E-state index contributed by atoms with van der Waals surface area (Å²) in [6, 6.07) is 8.02. The summed E-state index contributed by atoms with van der Waals surface area (Å²) in [5, 5.41) is 13.2. The third-order valence-corrected chi connectivity index (χ3v) is 5.27. The Morgan fingerprint density at radius 3 is 2.69 bits per heavy atom. The predicted octanol–water partition coefficient (Wildman–Crippen LogP) is 1.30. The molecular weight excluding hydrogens is 332 g/mol. The van der Waals surface area contributed by atoms with Gasteiger partial charge in [-0.15, -0.1) is 0 Å². The number of urea groups is 1. The number of aliphatic hydroxyl groups excluding tert-OH is 1. The molecule has 7 nitrogen and oxygen atoms in total. The van der Waals surface area contributed by atoms with Crippen LogP contribution in [0.3, 0.4) is 0 Å². The van der Waals surface area contributed by atoms with Gasteiger partial charge in [0.1, 0.15) is 5.75 Å². The predicted molar refractivity (Wildman–Crippen MR) is 102 cm³/mol. The van der Waals surface area contributed by atoms with Gasteiger partial charge in [0, 0.05) is 44.0 Å². The maximum absolute atomic E-state index is 12.7. The van der Waals surface area contributed by atoms with E-state index in [0.717, 1.165) is 30.9 Å². The lowest BCUT2D eigenvalue weighted by Crippen LogP contribution is -2.65.